The molecule has 0 fully saturated rings. The molecular weight excluding hydrogens is 409 g/mol. The molecule has 0 saturated heterocycles. The Balaban J connectivity index is 2.22. The van der Waals surface area contributed by atoms with E-state index in [-0.39, 0.29) is 40.9 Å². The van der Waals surface area contributed by atoms with Gasteiger partial charge < -0.3 is 9.47 Å². The van der Waals surface area contributed by atoms with Gasteiger partial charge in [0.1, 0.15) is 11.5 Å². The molecule has 0 unspecified atom stereocenters. The lowest BCUT2D eigenvalue weighted by Gasteiger charge is -2.19. The van der Waals surface area contributed by atoms with E-state index < -0.39 is 21.8 Å². The highest BCUT2D eigenvalue weighted by molar-refractivity contribution is 7.89. The van der Waals surface area contributed by atoms with Crippen LogP contribution in [-0.4, -0.2) is 38.9 Å². The van der Waals surface area contributed by atoms with Crippen LogP contribution in [0, 0.1) is 5.82 Å². The normalized spacial score (nSPS) is 11.5. The number of rotatable bonds is 8. The van der Waals surface area contributed by atoms with E-state index in [0.29, 0.717) is 5.56 Å². The number of halogens is 2. The van der Waals surface area contributed by atoms with Gasteiger partial charge in [-0.3, -0.25) is 0 Å². The third-order valence-electron chi connectivity index (χ3n) is 4.08. The van der Waals surface area contributed by atoms with Crippen molar-refractivity contribution in [2.45, 2.75) is 25.3 Å². The van der Waals surface area contributed by atoms with Gasteiger partial charge in [0.05, 0.1) is 17.7 Å². The lowest BCUT2D eigenvalue weighted by Crippen LogP contribution is -2.31. The average molecular weight is 430 g/mol. The molecule has 0 bridgehead atoms. The SMILES string of the molecule is CCN(CC)S(=O)(=O)c1cc(C(=O)OCc2ccc(OC)c(F)c2)ccc1Cl. The zero-order valence-corrected chi connectivity index (χ0v) is 17.3. The number of hydrogen-bond donors (Lipinski definition) is 0. The molecule has 0 atom stereocenters. The number of methoxy groups -OCH3 is 1. The van der Waals surface area contributed by atoms with Crippen LogP contribution in [0.1, 0.15) is 29.8 Å². The van der Waals surface area contributed by atoms with Crippen molar-refractivity contribution in [3.8, 4) is 5.75 Å². The lowest BCUT2D eigenvalue weighted by molar-refractivity contribution is 0.0472. The van der Waals surface area contributed by atoms with E-state index >= 15 is 0 Å². The zero-order chi connectivity index (χ0) is 20.9. The molecule has 0 heterocycles. The number of ether oxygens (including phenoxy) is 2. The molecule has 0 aliphatic rings. The summed E-state index contributed by atoms with van der Waals surface area (Å²) in [6.45, 7) is 3.78. The van der Waals surface area contributed by atoms with Crippen molar-refractivity contribution in [3.63, 3.8) is 0 Å². The molecule has 0 aliphatic heterocycles. The van der Waals surface area contributed by atoms with Gasteiger partial charge in [0, 0.05) is 13.1 Å². The molecule has 0 aliphatic carbocycles. The molecule has 0 aromatic heterocycles. The summed E-state index contributed by atoms with van der Waals surface area (Å²) in [4.78, 5) is 12.2. The molecule has 152 valence electrons. The van der Waals surface area contributed by atoms with Crippen molar-refractivity contribution in [3.05, 3.63) is 58.4 Å². The first-order chi connectivity index (χ1) is 13.2. The Morgan fingerprint density at radius 3 is 2.39 bits per heavy atom. The molecule has 28 heavy (non-hydrogen) atoms. The molecular formula is C19H21ClFNO5S. The Hall–Kier alpha value is -2.16. The minimum absolute atomic E-state index is 0.0145. The van der Waals surface area contributed by atoms with Crippen molar-refractivity contribution in [1.29, 1.82) is 0 Å². The van der Waals surface area contributed by atoms with Gasteiger partial charge >= 0.3 is 5.97 Å². The highest BCUT2D eigenvalue weighted by Crippen LogP contribution is 2.26. The second-order valence-corrected chi connectivity index (χ2v) is 8.09. The minimum atomic E-state index is -3.84. The van der Waals surface area contributed by atoms with Gasteiger partial charge in [-0.05, 0) is 35.9 Å². The summed E-state index contributed by atoms with van der Waals surface area (Å²) >= 11 is 6.05. The third-order valence-corrected chi connectivity index (χ3v) is 6.61. The smallest absolute Gasteiger partial charge is 0.338 e. The summed E-state index contributed by atoms with van der Waals surface area (Å²) in [6, 6.07) is 8.09. The van der Waals surface area contributed by atoms with Crippen LogP contribution in [0.2, 0.25) is 5.02 Å². The van der Waals surface area contributed by atoms with E-state index in [4.69, 9.17) is 21.1 Å². The summed E-state index contributed by atoms with van der Waals surface area (Å²) in [7, 11) is -2.49. The Morgan fingerprint density at radius 1 is 1.14 bits per heavy atom. The first kappa shape index (κ1) is 22.1. The highest BCUT2D eigenvalue weighted by atomic mass is 35.5. The number of carbonyl (C=O) groups excluding carboxylic acids is 1. The molecule has 9 heteroatoms. The summed E-state index contributed by atoms with van der Waals surface area (Å²) in [5, 5.41) is 0.0145. The van der Waals surface area contributed by atoms with E-state index in [9.17, 15) is 17.6 Å². The summed E-state index contributed by atoms with van der Waals surface area (Å²) in [6.07, 6.45) is 0. The van der Waals surface area contributed by atoms with E-state index in [1.165, 1.54) is 41.7 Å². The standard InChI is InChI=1S/C19H21ClFNO5S/c1-4-22(5-2)28(24,25)18-11-14(7-8-15(18)20)19(23)27-12-13-6-9-17(26-3)16(21)10-13/h6-11H,4-5,12H2,1-3H3. The van der Waals surface area contributed by atoms with Crippen molar-refractivity contribution >= 4 is 27.6 Å². The molecule has 0 saturated carbocycles. The fourth-order valence-corrected chi connectivity index (χ4v) is 4.52. The molecule has 0 N–H and O–H groups in total. The topological polar surface area (TPSA) is 72.9 Å². The maximum Gasteiger partial charge on any atom is 0.338 e. The van der Waals surface area contributed by atoms with Crippen LogP contribution in [0.4, 0.5) is 4.39 Å². The first-order valence-electron chi connectivity index (χ1n) is 8.53. The van der Waals surface area contributed by atoms with Crippen LogP contribution >= 0.6 is 11.6 Å². The summed E-state index contributed by atoms with van der Waals surface area (Å²) in [5.41, 5.74) is 0.459. The van der Waals surface area contributed by atoms with Gasteiger partial charge in [-0.1, -0.05) is 31.5 Å². The summed E-state index contributed by atoms with van der Waals surface area (Å²) in [5.74, 6) is -1.24. The summed E-state index contributed by atoms with van der Waals surface area (Å²) < 4.78 is 50.4. The van der Waals surface area contributed by atoms with Gasteiger partial charge in [-0.25, -0.2) is 17.6 Å². The number of nitrogens with zero attached hydrogens (tertiary/aromatic N) is 1. The monoisotopic (exact) mass is 429 g/mol. The van der Waals surface area contributed by atoms with Crippen molar-refractivity contribution in [2.75, 3.05) is 20.2 Å². The molecule has 0 spiro atoms. The van der Waals surface area contributed by atoms with Crippen LogP contribution in [0.5, 0.6) is 5.75 Å². The first-order valence-corrected chi connectivity index (χ1v) is 10.4. The maximum absolute atomic E-state index is 13.7. The minimum Gasteiger partial charge on any atom is -0.494 e. The lowest BCUT2D eigenvalue weighted by atomic mass is 10.2. The molecule has 6 nitrogen and oxygen atoms in total. The molecule has 0 amide bonds. The molecule has 2 aromatic rings. The Morgan fingerprint density at radius 2 is 1.82 bits per heavy atom. The molecule has 2 aromatic carbocycles. The fraction of sp³-hybridized carbons (Fsp3) is 0.316. The van der Waals surface area contributed by atoms with E-state index in [0.717, 1.165) is 0 Å². The van der Waals surface area contributed by atoms with Crippen LogP contribution in [0.3, 0.4) is 0 Å². The second kappa shape index (κ2) is 9.36. The zero-order valence-electron chi connectivity index (χ0n) is 15.7. The van der Waals surface area contributed by atoms with Gasteiger partial charge in [0.15, 0.2) is 11.6 Å². The number of esters is 1. The number of carbonyl (C=O) groups is 1. The van der Waals surface area contributed by atoms with Crippen molar-refractivity contribution in [1.82, 2.24) is 4.31 Å². The van der Waals surface area contributed by atoms with E-state index in [1.807, 2.05) is 0 Å². The quantitative estimate of drug-likeness (QED) is 0.595. The highest BCUT2D eigenvalue weighted by Gasteiger charge is 2.25. The molecule has 2 rings (SSSR count). The van der Waals surface area contributed by atoms with Crippen LogP contribution in [0.25, 0.3) is 0 Å². The van der Waals surface area contributed by atoms with Gasteiger partial charge in [-0.15, -0.1) is 0 Å². The fourth-order valence-electron chi connectivity index (χ4n) is 2.56. The molecule has 0 radical (unpaired) electrons. The predicted octanol–water partition coefficient (Wildman–Crippen LogP) is 3.88. The largest absolute Gasteiger partial charge is 0.494 e. The average Bonchev–Trinajstić information content (AvgIpc) is 2.67. The number of sulfonamides is 1. The van der Waals surface area contributed by atoms with Gasteiger partial charge in [0.25, 0.3) is 0 Å². The Labute approximate surface area is 168 Å². The van der Waals surface area contributed by atoms with Crippen LogP contribution < -0.4 is 4.74 Å². The number of benzene rings is 2. The maximum atomic E-state index is 13.7. The van der Waals surface area contributed by atoms with Crippen molar-refractivity contribution in [2.24, 2.45) is 0 Å². The second-order valence-electron chi connectivity index (χ2n) is 5.78. The van der Waals surface area contributed by atoms with Crippen LogP contribution in [-0.2, 0) is 21.4 Å². The third kappa shape index (κ3) is 4.81. The van der Waals surface area contributed by atoms with E-state index in [1.54, 1.807) is 19.9 Å². The van der Waals surface area contributed by atoms with Crippen LogP contribution in [0.15, 0.2) is 41.3 Å². The van der Waals surface area contributed by atoms with Gasteiger partial charge in [0.2, 0.25) is 10.0 Å². The van der Waals surface area contributed by atoms with Gasteiger partial charge in [-0.2, -0.15) is 4.31 Å². The van der Waals surface area contributed by atoms with E-state index in [2.05, 4.69) is 0 Å². The number of hydrogen-bond acceptors (Lipinski definition) is 5. The Kier molecular flexibility index (Phi) is 7.40. The van der Waals surface area contributed by atoms with Crippen molar-refractivity contribution < 1.29 is 27.1 Å². The Bertz CT molecular complexity index is 961. The predicted molar refractivity (Wildman–Crippen MR) is 104 cm³/mol.